The van der Waals surface area contributed by atoms with Crippen LogP contribution in [0.15, 0.2) is 78.9 Å². The van der Waals surface area contributed by atoms with E-state index in [0.29, 0.717) is 17.2 Å². The first kappa shape index (κ1) is 24.1. The standard InChI is InChI=1S/C25H28N2O5S/c1-19-9-7-8-12-24(19)31-18-20(2)26-25(28)17-27(33(3,29)30)21-13-15-23(16-14-21)32-22-10-5-4-6-11-22/h4-16,20H,17-18H2,1-3H3,(H,26,28). The quantitative estimate of drug-likeness (QED) is 0.484. The minimum absolute atomic E-state index is 0.265. The van der Waals surface area contributed by atoms with Crippen molar-refractivity contribution in [3.63, 3.8) is 0 Å². The lowest BCUT2D eigenvalue weighted by atomic mass is 10.2. The number of ether oxygens (including phenoxy) is 2. The molecule has 3 aromatic rings. The predicted octanol–water partition coefficient (Wildman–Crippen LogP) is 4.14. The number of aryl methyl sites for hydroxylation is 1. The largest absolute Gasteiger partial charge is 0.491 e. The Labute approximate surface area is 195 Å². The molecule has 0 bridgehead atoms. The smallest absolute Gasteiger partial charge is 0.241 e. The first-order chi connectivity index (χ1) is 15.7. The van der Waals surface area contributed by atoms with Crippen molar-refractivity contribution in [2.75, 3.05) is 23.7 Å². The third-order valence-electron chi connectivity index (χ3n) is 4.78. The number of nitrogens with one attached hydrogen (secondary N) is 1. The van der Waals surface area contributed by atoms with Crippen molar-refractivity contribution in [2.45, 2.75) is 19.9 Å². The van der Waals surface area contributed by atoms with Gasteiger partial charge in [-0.05, 0) is 61.9 Å². The van der Waals surface area contributed by atoms with Crippen LogP contribution in [0.2, 0.25) is 0 Å². The fraction of sp³-hybridized carbons (Fsp3) is 0.240. The summed E-state index contributed by atoms with van der Waals surface area (Å²) in [6.45, 7) is 3.67. The van der Waals surface area contributed by atoms with E-state index in [9.17, 15) is 13.2 Å². The molecule has 3 rings (SSSR count). The Morgan fingerprint density at radius 3 is 2.18 bits per heavy atom. The van der Waals surface area contributed by atoms with E-state index in [1.807, 2.05) is 61.5 Å². The predicted molar refractivity (Wildman–Crippen MR) is 129 cm³/mol. The molecule has 33 heavy (non-hydrogen) atoms. The Morgan fingerprint density at radius 2 is 1.55 bits per heavy atom. The summed E-state index contributed by atoms with van der Waals surface area (Å²) in [5, 5.41) is 2.79. The van der Waals surface area contributed by atoms with Crippen molar-refractivity contribution in [1.29, 1.82) is 0 Å². The van der Waals surface area contributed by atoms with Gasteiger partial charge >= 0.3 is 0 Å². The number of sulfonamides is 1. The highest BCUT2D eigenvalue weighted by molar-refractivity contribution is 7.92. The number of hydrogen-bond acceptors (Lipinski definition) is 5. The Morgan fingerprint density at radius 1 is 0.939 bits per heavy atom. The Kier molecular flexibility index (Phi) is 7.95. The van der Waals surface area contributed by atoms with Crippen molar-refractivity contribution < 1.29 is 22.7 Å². The summed E-state index contributed by atoms with van der Waals surface area (Å²) in [7, 11) is -3.68. The maximum absolute atomic E-state index is 12.6. The Hall–Kier alpha value is -3.52. The molecule has 0 heterocycles. The zero-order valence-corrected chi connectivity index (χ0v) is 19.7. The van der Waals surface area contributed by atoms with Crippen LogP contribution in [0.1, 0.15) is 12.5 Å². The first-order valence-electron chi connectivity index (χ1n) is 10.5. The molecule has 3 aromatic carbocycles. The van der Waals surface area contributed by atoms with Crippen molar-refractivity contribution >= 4 is 21.6 Å². The van der Waals surface area contributed by atoms with Gasteiger partial charge in [0.25, 0.3) is 0 Å². The third-order valence-corrected chi connectivity index (χ3v) is 5.92. The van der Waals surface area contributed by atoms with E-state index in [1.54, 1.807) is 31.2 Å². The van der Waals surface area contributed by atoms with Crippen molar-refractivity contribution in [3.8, 4) is 17.2 Å². The van der Waals surface area contributed by atoms with Crippen LogP contribution < -0.4 is 19.1 Å². The number of benzene rings is 3. The average molecular weight is 469 g/mol. The van der Waals surface area contributed by atoms with Crippen molar-refractivity contribution in [1.82, 2.24) is 5.32 Å². The van der Waals surface area contributed by atoms with Gasteiger partial charge in [-0.3, -0.25) is 9.10 Å². The summed E-state index contributed by atoms with van der Waals surface area (Å²) < 4.78 is 37.3. The topological polar surface area (TPSA) is 84.9 Å². The molecular weight excluding hydrogens is 440 g/mol. The molecule has 1 amide bonds. The second-order valence-corrected chi connectivity index (χ2v) is 9.63. The molecule has 174 valence electrons. The van der Waals surface area contributed by atoms with Gasteiger partial charge in [0.2, 0.25) is 15.9 Å². The highest BCUT2D eigenvalue weighted by Crippen LogP contribution is 2.25. The van der Waals surface area contributed by atoms with Crippen LogP contribution in [-0.2, 0) is 14.8 Å². The summed E-state index contributed by atoms with van der Waals surface area (Å²) in [6.07, 6.45) is 1.07. The number of rotatable bonds is 10. The molecule has 8 heteroatoms. The molecule has 1 unspecified atom stereocenters. The molecule has 0 aliphatic heterocycles. The number of para-hydroxylation sites is 2. The minimum Gasteiger partial charge on any atom is -0.491 e. The van der Waals surface area contributed by atoms with Crippen molar-refractivity contribution in [2.24, 2.45) is 0 Å². The van der Waals surface area contributed by atoms with Crippen molar-refractivity contribution in [3.05, 3.63) is 84.4 Å². The summed E-state index contributed by atoms with van der Waals surface area (Å²) in [5.41, 5.74) is 1.37. The fourth-order valence-electron chi connectivity index (χ4n) is 3.13. The van der Waals surface area contributed by atoms with E-state index in [1.165, 1.54) is 0 Å². The maximum Gasteiger partial charge on any atom is 0.241 e. The number of carbonyl (C=O) groups excluding carboxylic acids is 1. The Balaban J connectivity index is 1.60. The number of amides is 1. The molecule has 0 aromatic heterocycles. The Bertz CT molecular complexity index is 1160. The molecule has 0 spiro atoms. The van der Waals surface area contributed by atoms with Crippen LogP contribution >= 0.6 is 0 Å². The molecule has 1 atom stereocenters. The summed E-state index contributed by atoms with van der Waals surface area (Å²) in [5.74, 6) is 1.55. The lowest BCUT2D eigenvalue weighted by Crippen LogP contribution is -2.44. The number of hydrogen-bond donors (Lipinski definition) is 1. The van der Waals surface area contributed by atoms with Gasteiger partial charge in [-0.25, -0.2) is 8.42 Å². The normalized spacial score (nSPS) is 12.0. The second kappa shape index (κ2) is 10.9. The van der Waals surface area contributed by atoms with Crippen LogP contribution in [0.4, 0.5) is 5.69 Å². The number of carbonyl (C=O) groups is 1. The van der Waals surface area contributed by atoms with Gasteiger partial charge in [-0.1, -0.05) is 36.4 Å². The second-order valence-electron chi connectivity index (χ2n) is 7.72. The maximum atomic E-state index is 12.6. The average Bonchev–Trinajstić information content (AvgIpc) is 2.77. The van der Waals surface area contributed by atoms with Crippen LogP contribution in [0, 0.1) is 6.92 Å². The zero-order valence-electron chi connectivity index (χ0n) is 18.9. The van der Waals surface area contributed by atoms with E-state index in [0.717, 1.165) is 21.9 Å². The summed E-state index contributed by atoms with van der Waals surface area (Å²) >= 11 is 0. The highest BCUT2D eigenvalue weighted by atomic mass is 32.2. The lowest BCUT2D eigenvalue weighted by molar-refractivity contribution is -0.120. The van der Waals surface area contributed by atoms with Gasteiger partial charge in [-0.15, -0.1) is 0 Å². The number of anilines is 1. The summed E-state index contributed by atoms with van der Waals surface area (Å²) in [4.78, 5) is 12.6. The third kappa shape index (κ3) is 7.25. The van der Waals surface area contributed by atoms with Gasteiger partial charge < -0.3 is 14.8 Å². The van der Waals surface area contributed by atoms with E-state index in [2.05, 4.69) is 5.32 Å². The molecule has 0 aliphatic rings. The molecule has 7 nitrogen and oxygen atoms in total. The van der Waals surface area contributed by atoms with Crippen LogP contribution in [0.25, 0.3) is 0 Å². The SMILES string of the molecule is Cc1ccccc1OCC(C)NC(=O)CN(c1ccc(Oc2ccccc2)cc1)S(C)(=O)=O. The van der Waals surface area contributed by atoms with E-state index in [-0.39, 0.29) is 19.2 Å². The highest BCUT2D eigenvalue weighted by Gasteiger charge is 2.22. The molecule has 0 radical (unpaired) electrons. The van der Waals surface area contributed by atoms with E-state index >= 15 is 0 Å². The van der Waals surface area contributed by atoms with Crippen LogP contribution in [0.3, 0.4) is 0 Å². The summed E-state index contributed by atoms with van der Waals surface area (Å²) in [6, 6.07) is 23.1. The van der Waals surface area contributed by atoms with E-state index < -0.39 is 15.9 Å². The monoisotopic (exact) mass is 468 g/mol. The molecule has 0 saturated heterocycles. The fourth-order valence-corrected chi connectivity index (χ4v) is 3.99. The molecule has 1 N–H and O–H groups in total. The molecular formula is C25H28N2O5S. The van der Waals surface area contributed by atoms with Crippen LogP contribution in [-0.4, -0.2) is 39.8 Å². The molecule has 0 saturated carbocycles. The van der Waals surface area contributed by atoms with Crippen LogP contribution in [0.5, 0.6) is 17.2 Å². The van der Waals surface area contributed by atoms with Gasteiger partial charge in [0.1, 0.15) is 30.4 Å². The number of nitrogens with zero attached hydrogens (tertiary/aromatic N) is 1. The lowest BCUT2D eigenvalue weighted by Gasteiger charge is -2.23. The minimum atomic E-state index is -3.68. The first-order valence-corrected chi connectivity index (χ1v) is 12.4. The van der Waals surface area contributed by atoms with Gasteiger partial charge in [0.05, 0.1) is 18.0 Å². The van der Waals surface area contributed by atoms with Gasteiger partial charge in [0, 0.05) is 0 Å². The molecule has 0 aliphatic carbocycles. The zero-order chi connectivity index (χ0) is 23.8. The molecule has 0 fully saturated rings. The van der Waals surface area contributed by atoms with E-state index in [4.69, 9.17) is 9.47 Å². The van der Waals surface area contributed by atoms with Gasteiger partial charge in [-0.2, -0.15) is 0 Å². The van der Waals surface area contributed by atoms with Gasteiger partial charge in [0.15, 0.2) is 0 Å².